The van der Waals surface area contributed by atoms with Crippen molar-refractivity contribution in [2.45, 2.75) is 5.66 Å². The minimum atomic E-state index is -1.78. The van der Waals surface area contributed by atoms with Crippen molar-refractivity contribution in [2.24, 2.45) is 16.5 Å². The minimum Gasteiger partial charge on any atom is -0.495 e. The zero-order chi connectivity index (χ0) is 18.9. The molecule has 1 aromatic carbocycles. The number of thiophene rings is 1. The van der Waals surface area contributed by atoms with Crippen molar-refractivity contribution < 1.29 is 13.9 Å². The van der Waals surface area contributed by atoms with Crippen molar-refractivity contribution in [1.82, 2.24) is 5.32 Å². The van der Waals surface area contributed by atoms with Gasteiger partial charge < -0.3 is 21.1 Å². The summed E-state index contributed by atoms with van der Waals surface area (Å²) in [5.74, 6) is -0.654. The zero-order valence-corrected chi connectivity index (χ0v) is 15.9. The van der Waals surface area contributed by atoms with Gasteiger partial charge in [-0.3, -0.25) is 10.5 Å². The number of amides is 1. The molecule has 10 heteroatoms. The SMILES string of the molecule is COc1ccc(C2(N)N=C(N)NC=C2F)cc1NC(=O)c1ccc(Br)s1. The fourth-order valence-electron chi connectivity index (χ4n) is 2.39. The van der Waals surface area contributed by atoms with Crippen LogP contribution < -0.4 is 26.8 Å². The summed E-state index contributed by atoms with van der Waals surface area (Å²) in [5.41, 5.74) is 10.6. The highest BCUT2D eigenvalue weighted by Crippen LogP contribution is 2.36. The van der Waals surface area contributed by atoms with Gasteiger partial charge in [0.2, 0.25) is 0 Å². The predicted octanol–water partition coefficient (Wildman–Crippen LogP) is 2.61. The van der Waals surface area contributed by atoms with Crippen LogP contribution in [-0.4, -0.2) is 19.0 Å². The third-order valence-corrected chi connectivity index (χ3v) is 5.31. The molecule has 0 saturated heterocycles. The Labute approximate surface area is 161 Å². The van der Waals surface area contributed by atoms with E-state index in [2.05, 4.69) is 31.6 Å². The summed E-state index contributed by atoms with van der Waals surface area (Å²) in [6.07, 6.45) is 1.05. The molecule has 1 atom stereocenters. The Morgan fingerprint density at radius 2 is 2.19 bits per heavy atom. The molecule has 1 aromatic heterocycles. The molecule has 0 fully saturated rings. The lowest BCUT2D eigenvalue weighted by Crippen LogP contribution is -2.44. The molecule has 7 nitrogen and oxygen atoms in total. The largest absolute Gasteiger partial charge is 0.495 e. The van der Waals surface area contributed by atoms with E-state index in [4.69, 9.17) is 16.2 Å². The lowest BCUT2D eigenvalue weighted by Gasteiger charge is -2.28. The van der Waals surface area contributed by atoms with E-state index in [1.165, 1.54) is 24.5 Å². The van der Waals surface area contributed by atoms with E-state index in [9.17, 15) is 9.18 Å². The Kier molecular flexibility index (Phi) is 4.99. The number of hydrogen-bond acceptors (Lipinski definition) is 7. The number of halogens is 2. The number of rotatable bonds is 4. The topological polar surface area (TPSA) is 115 Å². The van der Waals surface area contributed by atoms with Gasteiger partial charge in [-0.2, -0.15) is 0 Å². The van der Waals surface area contributed by atoms with Gasteiger partial charge in [0, 0.05) is 11.8 Å². The molecule has 136 valence electrons. The van der Waals surface area contributed by atoms with Crippen molar-refractivity contribution in [1.29, 1.82) is 0 Å². The first-order chi connectivity index (χ1) is 12.3. The Bertz CT molecular complexity index is 929. The number of carbonyl (C=O) groups is 1. The minimum absolute atomic E-state index is 0.0151. The van der Waals surface area contributed by atoms with Gasteiger partial charge in [-0.25, -0.2) is 9.38 Å². The molecular formula is C16H15BrFN5O2S. The van der Waals surface area contributed by atoms with Crippen LogP contribution in [0, 0.1) is 0 Å². The monoisotopic (exact) mass is 439 g/mol. The fourth-order valence-corrected chi connectivity index (χ4v) is 3.67. The predicted molar refractivity (Wildman–Crippen MR) is 103 cm³/mol. The number of aliphatic imine (C=N–C) groups is 1. The molecule has 2 aromatic rings. The average Bonchev–Trinajstić information content (AvgIpc) is 3.05. The number of nitrogens with one attached hydrogen (secondary N) is 2. The van der Waals surface area contributed by atoms with Crippen molar-refractivity contribution in [3.05, 3.63) is 56.6 Å². The maximum atomic E-state index is 14.3. The number of carbonyl (C=O) groups excluding carboxylic acids is 1. The average molecular weight is 440 g/mol. The van der Waals surface area contributed by atoms with Crippen LogP contribution in [0.1, 0.15) is 15.2 Å². The quantitative estimate of drug-likeness (QED) is 0.584. The van der Waals surface area contributed by atoms with Crippen LogP contribution in [0.2, 0.25) is 0 Å². The van der Waals surface area contributed by atoms with Gasteiger partial charge in [0.05, 0.1) is 21.5 Å². The first-order valence-corrected chi connectivity index (χ1v) is 8.96. The van der Waals surface area contributed by atoms with E-state index in [-0.39, 0.29) is 11.9 Å². The summed E-state index contributed by atoms with van der Waals surface area (Å²) in [7, 11) is 1.46. The summed E-state index contributed by atoms with van der Waals surface area (Å²) >= 11 is 4.60. The summed E-state index contributed by atoms with van der Waals surface area (Å²) < 4.78 is 20.4. The molecule has 3 rings (SSSR count). The van der Waals surface area contributed by atoms with Gasteiger partial charge in [-0.05, 0) is 40.2 Å². The first kappa shape index (κ1) is 18.4. The van der Waals surface area contributed by atoms with E-state index in [1.54, 1.807) is 24.3 Å². The molecule has 1 aliphatic heterocycles. The Balaban J connectivity index is 1.98. The van der Waals surface area contributed by atoms with Gasteiger partial charge in [-0.1, -0.05) is 6.07 Å². The molecule has 1 aliphatic rings. The molecule has 1 amide bonds. The molecule has 0 bridgehead atoms. The number of hydrogen-bond donors (Lipinski definition) is 4. The highest BCUT2D eigenvalue weighted by molar-refractivity contribution is 9.11. The number of nitrogens with two attached hydrogens (primary N) is 2. The normalized spacial score (nSPS) is 19.2. The molecule has 0 spiro atoms. The maximum absolute atomic E-state index is 14.3. The first-order valence-electron chi connectivity index (χ1n) is 7.35. The van der Waals surface area contributed by atoms with Gasteiger partial charge >= 0.3 is 0 Å². The highest BCUT2D eigenvalue weighted by Gasteiger charge is 2.36. The molecular weight excluding hydrogens is 425 g/mol. The van der Waals surface area contributed by atoms with Crippen molar-refractivity contribution in [2.75, 3.05) is 12.4 Å². The second kappa shape index (κ2) is 7.06. The molecule has 0 saturated carbocycles. The molecule has 0 radical (unpaired) electrons. The summed E-state index contributed by atoms with van der Waals surface area (Å²) in [6, 6.07) is 8.10. The number of benzene rings is 1. The van der Waals surface area contributed by atoms with Crippen LogP contribution in [0.15, 0.2) is 51.1 Å². The lowest BCUT2D eigenvalue weighted by atomic mass is 9.98. The van der Waals surface area contributed by atoms with Gasteiger partial charge in [0.15, 0.2) is 17.4 Å². The van der Waals surface area contributed by atoms with Crippen LogP contribution in [0.4, 0.5) is 10.1 Å². The second-order valence-corrected chi connectivity index (χ2v) is 7.84. The van der Waals surface area contributed by atoms with E-state index in [0.29, 0.717) is 21.9 Å². The molecule has 6 N–H and O–H groups in total. The lowest BCUT2D eigenvalue weighted by molar-refractivity contribution is 0.103. The summed E-state index contributed by atoms with van der Waals surface area (Å²) in [4.78, 5) is 16.9. The Hall–Kier alpha value is -2.43. The third kappa shape index (κ3) is 3.43. The molecule has 2 heterocycles. The number of guanidine groups is 1. The van der Waals surface area contributed by atoms with E-state index in [0.717, 1.165) is 9.99 Å². The molecule has 1 unspecified atom stereocenters. The maximum Gasteiger partial charge on any atom is 0.265 e. The highest BCUT2D eigenvalue weighted by atomic mass is 79.9. The summed E-state index contributed by atoms with van der Waals surface area (Å²) in [5, 5.41) is 5.21. The van der Waals surface area contributed by atoms with E-state index < -0.39 is 11.5 Å². The number of ether oxygens (including phenoxy) is 1. The number of methoxy groups -OCH3 is 1. The fraction of sp³-hybridized carbons (Fsp3) is 0.125. The molecule has 26 heavy (non-hydrogen) atoms. The Morgan fingerprint density at radius 1 is 1.42 bits per heavy atom. The van der Waals surface area contributed by atoms with Crippen LogP contribution in [0.3, 0.4) is 0 Å². The van der Waals surface area contributed by atoms with Gasteiger partial charge in [0.1, 0.15) is 5.75 Å². The van der Waals surface area contributed by atoms with Crippen LogP contribution in [-0.2, 0) is 5.66 Å². The standard InChI is InChI=1S/C16H15BrFN5O2S/c1-25-10-3-2-8(16(20)12(18)7-21-15(19)23-16)6-9(10)22-14(24)11-4-5-13(17)26-11/h2-7H,20H2,1H3,(H,22,24)(H3,19,21,23). The smallest absolute Gasteiger partial charge is 0.265 e. The van der Waals surface area contributed by atoms with Crippen LogP contribution in [0.25, 0.3) is 0 Å². The van der Waals surface area contributed by atoms with Gasteiger partial charge in [0.25, 0.3) is 5.91 Å². The number of anilines is 1. The van der Waals surface area contributed by atoms with Crippen LogP contribution in [0.5, 0.6) is 5.75 Å². The third-order valence-electron chi connectivity index (χ3n) is 3.69. The van der Waals surface area contributed by atoms with Crippen molar-refractivity contribution >= 4 is 44.8 Å². The molecule has 0 aliphatic carbocycles. The van der Waals surface area contributed by atoms with Crippen molar-refractivity contribution in [3.8, 4) is 5.75 Å². The van der Waals surface area contributed by atoms with Crippen LogP contribution >= 0.6 is 27.3 Å². The van der Waals surface area contributed by atoms with E-state index >= 15 is 0 Å². The van der Waals surface area contributed by atoms with Crippen molar-refractivity contribution in [3.63, 3.8) is 0 Å². The second-order valence-electron chi connectivity index (χ2n) is 5.37. The van der Waals surface area contributed by atoms with E-state index in [1.807, 2.05) is 0 Å². The van der Waals surface area contributed by atoms with Gasteiger partial charge in [-0.15, -0.1) is 11.3 Å². The number of nitrogens with zero attached hydrogens (tertiary/aromatic N) is 1. The zero-order valence-electron chi connectivity index (χ0n) is 13.5. The Morgan fingerprint density at radius 3 is 2.85 bits per heavy atom. The summed E-state index contributed by atoms with van der Waals surface area (Å²) in [6.45, 7) is 0.